The Bertz CT molecular complexity index is 236. The maximum atomic E-state index is 8.92. The standard InChI is InChI=1S/C11H17NO2/c1-10(13)9-14-8-7-12-11-5-3-2-4-6-11/h2-6,10,12-13H,7-9H2,1H3. The van der Waals surface area contributed by atoms with Gasteiger partial charge < -0.3 is 15.2 Å². The van der Waals surface area contributed by atoms with Crippen LogP contribution in [0.15, 0.2) is 30.3 Å². The van der Waals surface area contributed by atoms with Crippen LogP contribution in [0, 0.1) is 0 Å². The van der Waals surface area contributed by atoms with Crippen molar-refractivity contribution in [2.75, 3.05) is 25.1 Å². The van der Waals surface area contributed by atoms with Crippen molar-refractivity contribution in [1.82, 2.24) is 0 Å². The highest BCUT2D eigenvalue weighted by atomic mass is 16.5. The molecule has 0 aliphatic rings. The van der Waals surface area contributed by atoms with E-state index in [0.717, 1.165) is 12.2 Å². The fourth-order valence-corrected chi connectivity index (χ4v) is 1.08. The van der Waals surface area contributed by atoms with Crippen molar-refractivity contribution in [1.29, 1.82) is 0 Å². The lowest BCUT2D eigenvalue weighted by Gasteiger charge is -2.08. The topological polar surface area (TPSA) is 41.5 Å². The highest BCUT2D eigenvalue weighted by Gasteiger charge is 1.94. The number of anilines is 1. The van der Waals surface area contributed by atoms with Crippen molar-refractivity contribution >= 4 is 5.69 Å². The highest BCUT2D eigenvalue weighted by molar-refractivity contribution is 5.42. The minimum Gasteiger partial charge on any atom is -0.391 e. The molecule has 0 heterocycles. The van der Waals surface area contributed by atoms with E-state index in [0.29, 0.717) is 13.2 Å². The Morgan fingerprint density at radius 2 is 2.07 bits per heavy atom. The molecule has 1 aromatic carbocycles. The van der Waals surface area contributed by atoms with Crippen molar-refractivity contribution in [3.63, 3.8) is 0 Å². The van der Waals surface area contributed by atoms with Crippen LogP contribution in [0.1, 0.15) is 6.92 Å². The first-order valence-electron chi connectivity index (χ1n) is 4.84. The summed E-state index contributed by atoms with van der Waals surface area (Å²) in [4.78, 5) is 0. The number of aliphatic hydroxyl groups excluding tert-OH is 1. The molecule has 0 spiro atoms. The second-order valence-electron chi connectivity index (χ2n) is 3.22. The lowest BCUT2D eigenvalue weighted by Crippen LogP contribution is -2.15. The van der Waals surface area contributed by atoms with Crippen LogP contribution in [-0.4, -0.2) is 31.0 Å². The third kappa shape index (κ3) is 4.84. The Labute approximate surface area is 84.7 Å². The van der Waals surface area contributed by atoms with Gasteiger partial charge in [-0.15, -0.1) is 0 Å². The van der Waals surface area contributed by atoms with E-state index in [1.807, 2.05) is 30.3 Å². The van der Waals surface area contributed by atoms with E-state index < -0.39 is 0 Å². The fourth-order valence-electron chi connectivity index (χ4n) is 1.08. The van der Waals surface area contributed by atoms with Gasteiger partial charge in [0, 0.05) is 12.2 Å². The minimum atomic E-state index is -0.383. The summed E-state index contributed by atoms with van der Waals surface area (Å²) in [5.74, 6) is 0. The molecule has 1 aromatic rings. The van der Waals surface area contributed by atoms with Gasteiger partial charge in [-0.05, 0) is 19.1 Å². The lowest BCUT2D eigenvalue weighted by atomic mass is 10.3. The summed E-state index contributed by atoms with van der Waals surface area (Å²) in [7, 11) is 0. The predicted octanol–water partition coefficient (Wildman–Crippen LogP) is 1.50. The van der Waals surface area contributed by atoms with Gasteiger partial charge in [0.05, 0.1) is 19.3 Å². The molecular weight excluding hydrogens is 178 g/mol. The molecule has 0 aromatic heterocycles. The molecule has 1 atom stereocenters. The highest BCUT2D eigenvalue weighted by Crippen LogP contribution is 2.03. The number of hydrogen-bond acceptors (Lipinski definition) is 3. The molecule has 0 aliphatic carbocycles. The monoisotopic (exact) mass is 195 g/mol. The maximum Gasteiger partial charge on any atom is 0.0745 e. The Morgan fingerprint density at radius 3 is 2.71 bits per heavy atom. The normalized spacial score (nSPS) is 12.4. The second-order valence-corrected chi connectivity index (χ2v) is 3.22. The first kappa shape index (κ1) is 11.0. The number of para-hydroxylation sites is 1. The Hall–Kier alpha value is -1.06. The first-order valence-corrected chi connectivity index (χ1v) is 4.84. The van der Waals surface area contributed by atoms with E-state index in [-0.39, 0.29) is 6.10 Å². The summed E-state index contributed by atoms with van der Waals surface area (Å²) in [6.45, 7) is 3.48. The molecule has 0 fully saturated rings. The van der Waals surface area contributed by atoms with Crippen LogP contribution in [0.3, 0.4) is 0 Å². The Morgan fingerprint density at radius 1 is 1.36 bits per heavy atom. The smallest absolute Gasteiger partial charge is 0.0745 e. The number of nitrogens with one attached hydrogen (secondary N) is 1. The quantitative estimate of drug-likeness (QED) is 0.676. The van der Waals surface area contributed by atoms with Crippen LogP contribution >= 0.6 is 0 Å². The Balaban J connectivity index is 2.05. The molecule has 0 saturated carbocycles. The molecule has 3 nitrogen and oxygen atoms in total. The van der Waals surface area contributed by atoms with Gasteiger partial charge in [-0.1, -0.05) is 18.2 Å². The molecule has 0 amide bonds. The second kappa shape index (κ2) is 6.40. The van der Waals surface area contributed by atoms with Crippen molar-refractivity contribution in [2.24, 2.45) is 0 Å². The minimum absolute atomic E-state index is 0.383. The summed E-state index contributed by atoms with van der Waals surface area (Å²) in [6, 6.07) is 9.97. The van der Waals surface area contributed by atoms with Gasteiger partial charge in [-0.3, -0.25) is 0 Å². The van der Waals surface area contributed by atoms with Gasteiger partial charge in [0.15, 0.2) is 0 Å². The zero-order valence-corrected chi connectivity index (χ0v) is 8.44. The molecule has 0 aliphatic heterocycles. The molecule has 1 rings (SSSR count). The largest absolute Gasteiger partial charge is 0.391 e. The van der Waals surface area contributed by atoms with E-state index in [9.17, 15) is 0 Å². The number of benzene rings is 1. The summed E-state index contributed by atoms with van der Waals surface area (Å²) in [5, 5.41) is 12.1. The van der Waals surface area contributed by atoms with Gasteiger partial charge in [-0.2, -0.15) is 0 Å². The van der Waals surface area contributed by atoms with Crippen LogP contribution in [0.2, 0.25) is 0 Å². The van der Waals surface area contributed by atoms with E-state index in [1.54, 1.807) is 6.92 Å². The molecule has 1 unspecified atom stereocenters. The van der Waals surface area contributed by atoms with E-state index >= 15 is 0 Å². The van der Waals surface area contributed by atoms with Gasteiger partial charge in [0.2, 0.25) is 0 Å². The van der Waals surface area contributed by atoms with Crippen molar-refractivity contribution in [2.45, 2.75) is 13.0 Å². The van der Waals surface area contributed by atoms with E-state index in [2.05, 4.69) is 5.32 Å². The van der Waals surface area contributed by atoms with Crippen molar-refractivity contribution in [3.05, 3.63) is 30.3 Å². The van der Waals surface area contributed by atoms with Crippen LogP contribution < -0.4 is 5.32 Å². The average molecular weight is 195 g/mol. The number of aliphatic hydroxyl groups is 1. The molecule has 0 radical (unpaired) electrons. The Kier molecular flexibility index (Phi) is 5.04. The average Bonchev–Trinajstić information content (AvgIpc) is 2.18. The summed E-state index contributed by atoms with van der Waals surface area (Å²) in [5.41, 5.74) is 1.09. The summed E-state index contributed by atoms with van der Waals surface area (Å²) >= 11 is 0. The molecule has 78 valence electrons. The molecule has 3 heteroatoms. The number of rotatable bonds is 6. The number of ether oxygens (including phenoxy) is 1. The third-order valence-corrected chi connectivity index (χ3v) is 1.71. The van der Waals surface area contributed by atoms with Gasteiger partial charge in [0.25, 0.3) is 0 Å². The zero-order chi connectivity index (χ0) is 10.2. The zero-order valence-electron chi connectivity index (χ0n) is 8.44. The number of hydrogen-bond donors (Lipinski definition) is 2. The predicted molar refractivity (Wildman–Crippen MR) is 57.4 cm³/mol. The van der Waals surface area contributed by atoms with E-state index in [4.69, 9.17) is 9.84 Å². The van der Waals surface area contributed by atoms with Gasteiger partial charge >= 0.3 is 0 Å². The molecule has 2 N–H and O–H groups in total. The molecule has 14 heavy (non-hydrogen) atoms. The van der Waals surface area contributed by atoms with Crippen LogP contribution in [0.4, 0.5) is 5.69 Å². The maximum absolute atomic E-state index is 8.92. The van der Waals surface area contributed by atoms with Gasteiger partial charge in [-0.25, -0.2) is 0 Å². The van der Waals surface area contributed by atoms with Crippen LogP contribution in [0.25, 0.3) is 0 Å². The molecular formula is C11H17NO2. The lowest BCUT2D eigenvalue weighted by molar-refractivity contribution is 0.0511. The van der Waals surface area contributed by atoms with E-state index in [1.165, 1.54) is 0 Å². The molecule has 0 saturated heterocycles. The van der Waals surface area contributed by atoms with Gasteiger partial charge in [0.1, 0.15) is 0 Å². The van der Waals surface area contributed by atoms with Crippen molar-refractivity contribution < 1.29 is 9.84 Å². The third-order valence-electron chi connectivity index (χ3n) is 1.71. The fraction of sp³-hybridized carbons (Fsp3) is 0.455. The molecule has 0 bridgehead atoms. The first-order chi connectivity index (χ1) is 6.79. The van der Waals surface area contributed by atoms with Crippen LogP contribution in [0.5, 0.6) is 0 Å². The SMILES string of the molecule is CC(O)COCCNc1ccccc1. The summed E-state index contributed by atoms with van der Waals surface area (Å²) in [6.07, 6.45) is -0.383. The summed E-state index contributed by atoms with van der Waals surface area (Å²) < 4.78 is 5.20. The van der Waals surface area contributed by atoms with Crippen LogP contribution in [-0.2, 0) is 4.74 Å². The van der Waals surface area contributed by atoms with Crippen molar-refractivity contribution in [3.8, 4) is 0 Å².